The maximum atomic E-state index is 14.3. The van der Waals surface area contributed by atoms with E-state index in [2.05, 4.69) is 4.98 Å². The minimum atomic E-state index is -1.89. The molecule has 3 heterocycles. The first-order chi connectivity index (χ1) is 20.2. The first kappa shape index (κ1) is 24.3. The van der Waals surface area contributed by atoms with Crippen molar-refractivity contribution in [3.8, 4) is 5.75 Å². The van der Waals surface area contributed by atoms with Gasteiger partial charge < -0.3 is 19.1 Å². The lowest BCUT2D eigenvalue weighted by atomic mass is 9.89. The predicted molar refractivity (Wildman–Crippen MR) is 150 cm³/mol. The van der Waals surface area contributed by atoms with E-state index in [9.17, 15) is 17.0 Å². The summed E-state index contributed by atoms with van der Waals surface area (Å²) in [5.74, 6) is -0.375. The van der Waals surface area contributed by atoms with Gasteiger partial charge in [-0.2, -0.15) is 0 Å². The van der Waals surface area contributed by atoms with Crippen LogP contribution in [0.4, 0.5) is 4.39 Å². The van der Waals surface area contributed by atoms with Crippen LogP contribution in [-0.2, 0) is 24.4 Å². The van der Waals surface area contributed by atoms with Crippen LogP contribution >= 0.6 is 11.6 Å². The van der Waals surface area contributed by atoms with Gasteiger partial charge in [0.25, 0.3) is 0 Å². The van der Waals surface area contributed by atoms with Gasteiger partial charge in [-0.05, 0) is 80.2 Å². The van der Waals surface area contributed by atoms with Crippen molar-refractivity contribution in [2.45, 2.75) is 50.9 Å². The molecular weight excluding hydrogens is 533 g/mol. The average molecular weight is 566 g/mol. The third kappa shape index (κ3) is 5.70. The summed E-state index contributed by atoms with van der Waals surface area (Å²) < 4.78 is 46.1. The van der Waals surface area contributed by atoms with Crippen LogP contribution in [0, 0.1) is 5.82 Å². The number of aromatic carboxylic acids is 1. The van der Waals surface area contributed by atoms with Crippen molar-refractivity contribution in [1.82, 2.24) is 14.5 Å². The van der Waals surface area contributed by atoms with Gasteiger partial charge in [0.1, 0.15) is 24.0 Å². The molecular formula is C31H31ClFN3O4. The number of imidazole rings is 1. The first-order valence-electron chi connectivity index (χ1n) is 14.5. The van der Waals surface area contributed by atoms with Gasteiger partial charge in [-0.15, -0.1) is 0 Å². The van der Waals surface area contributed by atoms with Crippen LogP contribution < -0.4 is 4.74 Å². The summed E-state index contributed by atoms with van der Waals surface area (Å²) in [6.07, 6.45) is 2.20. The van der Waals surface area contributed by atoms with Crippen LogP contribution in [0.25, 0.3) is 11.0 Å². The molecule has 0 aliphatic carbocycles. The molecule has 0 saturated carbocycles. The fraction of sp³-hybridized carbons (Fsp3) is 0.355. The fourth-order valence-electron chi connectivity index (χ4n) is 5.35. The summed E-state index contributed by atoms with van der Waals surface area (Å²) in [5.41, 5.74) is 2.70. The monoisotopic (exact) mass is 565 g/mol. The van der Waals surface area contributed by atoms with Gasteiger partial charge in [0.05, 0.1) is 38.5 Å². The molecule has 2 fully saturated rings. The highest BCUT2D eigenvalue weighted by atomic mass is 35.5. The molecule has 40 heavy (non-hydrogen) atoms. The SMILES string of the molecule is [2H]C([2H])(c1nc2ccc(C(=O)O)cc2n1C[C@@H]1CCO1)N1CCC(c2ccccc2OCc2ccc(Cl)cc2F)CC1. The number of likely N-dealkylation sites (tertiary alicyclic amines) is 1. The molecule has 0 bridgehead atoms. The van der Waals surface area contributed by atoms with E-state index in [1.807, 2.05) is 24.3 Å². The summed E-state index contributed by atoms with van der Waals surface area (Å²) in [5, 5.41) is 9.86. The Balaban J connectivity index is 1.20. The smallest absolute Gasteiger partial charge is 0.335 e. The Kier molecular flexibility index (Phi) is 7.04. The van der Waals surface area contributed by atoms with Gasteiger partial charge in [-0.3, -0.25) is 4.90 Å². The summed E-state index contributed by atoms with van der Waals surface area (Å²) in [4.78, 5) is 18.1. The zero-order valence-corrected chi connectivity index (χ0v) is 22.6. The topological polar surface area (TPSA) is 76.8 Å². The van der Waals surface area contributed by atoms with Gasteiger partial charge in [0.2, 0.25) is 0 Å². The van der Waals surface area contributed by atoms with Crippen molar-refractivity contribution < 1.29 is 26.5 Å². The molecule has 0 unspecified atom stereocenters. The van der Waals surface area contributed by atoms with Gasteiger partial charge in [0.15, 0.2) is 0 Å². The highest BCUT2D eigenvalue weighted by Gasteiger charge is 2.26. The number of rotatable bonds is 9. The molecule has 3 aromatic carbocycles. The summed E-state index contributed by atoms with van der Waals surface area (Å²) in [6, 6.07) is 16.9. The van der Waals surface area contributed by atoms with E-state index in [1.54, 1.807) is 33.7 Å². The molecule has 1 atom stereocenters. The van der Waals surface area contributed by atoms with E-state index < -0.39 is 18.3 Å². The van der Waals surface area contributed by atoms with Gasteiger partial charge in [0, 0.05) is 17.2 Å². The summed E-state index contributed by atoms with van der Waals surface area (Å²) >= 11 is 5.88. The Morgan fingerprint density at radius 1 is 1.15 bits per heavy atom. The van der Waals surface area contributed by atoms with Crippen LogP contribution in [0.3, 0.4) is 0 Å². The quantitative estimate of drug-likeness (QED) is 0.258. The van der Waals surface area contributed by atoms with Crippen molar-refractivity contribution in [2.75, 3.05) is 19.7 Å². The lowest BCUT2D eigenvalue weighted by Crippen LogP contribution is -2.35. The first-order valence-corrected chi connectivity index (χ1v) is 13.8. The largest absolute Gasteiger partial charge is 0.489 e. The zero-order valence-electron chi connectivity index (χ0n) is 23.9. The number of para-hydroxylation sites is 1. The number of hydrogen-bond donors (Lipinski definition) is 1. The third-order valence-electron chi connectivity index (χ3n) is 7.68. The molecule has 9 heteroatoms. The Morgan fingerprint density at radius 2 is 1.95 bits per heavy atom. The molecule has 4 aromatic rings. The molecule has 2 saturated heterocycles. The second-order valence-electron chi connectivity index (χ2n) is 10.3. The molecule has 0 amide bonds. The number of carbonyl (C=O) groups is 1. The number of nitrogens with zero attached hydrogens (tertiary/aromatic N) is 3. The normalized spacial score (nSPS) is 19.2. The molecule has 0 spiro atoms. The summed E-state index contributed by atoms with van der Waals surface area (Å²) in [6.45, 7) is 0.227. The van der Waals surface area contributed by atoms with Gasteiger partial charge in [-0.1, -0.05) is 35.9 Å². The number of fused-ring (bicyclic) bond motifs is 1. The van der Waals surface area contributed by atoms with Crippen LogP contribution in [0.2, 0.25) is 5.02 Å². The fourth-order valence-corrected chi connectivity index (χ4v) is 5.50. The van der Waals surface area contributed by atoms with Gasteiger partial charge >= 0.3 is 5.97 Å². The van der Waals surface area contributed by atoms with E-state index in [0.717, 1.165) is 12.0 Å². The van der Waals surface area contributed by atoms with Crippen molar-refractivity contribution in [1.29, 1.82) is 0 Å². The van der Waals surface area contributed by atoms with E-state index in [1.165, 1.54) is 12.1 Å². The lowest BCUT2D eigenvalue weighted by molar-refractivity contribution is -0.0592. The van der Waals surface area contributed by atoms with Crippen LogP contribution in [-0.4, -0.2) is 51.3 Å². The Bertz CT molecular complexity index is 1620. The molecule has 2 aliphatic heterocycles. The number of carboxylic acids is 1. The molecule has 208 valence electrons. The van der Waals surface area contributed by atoms with Gasteiger partial charge in [-0.25, -0.2) is 14.2 Å². The number of benzene rings is 3. The Labute approximate surface area is 239 Å². The Hall–Kier alpha value is -3.46. The molecule has 1 N–H and O–H groups in total. The Morgan fingerprint density at radius 3 is 2.67 bits per heavy atom. The maximum Gasteiger partial charge on any atom is 0.335 e. The highest BCUT2D eigenvalue weighted by molar-refractivity contribution is 6.30. The van der Waals surface area contributed by atoms with E-state index in [-0.39, 0.29) is 30.0 Å². The number of aromatic nitrogens is 2. The predicted octanol–water partition coefficient (Wildman–Crippen LogP) is 6.27. The molecule has 6 rings (SSSR count). The maximum absolute atomic E-state index is 14.3. The second-order valence-corrected chi connectivity index (χ2v) is 10.7. The number of hydrogen-bond acceptors (Lipinski definition) is 5. The van der Waals surface area contributed by atoms with Crippen molar-refractivity contribution >= 4 is 28.6 Å². The number of carboxylic acid groups (broad SMARTS) is 1. The molecule has 0 radical (unpaired) electrons. The standard InChI is InChI=1S/C31H31ClFN3O4/c32-23-7-5-22(26(33)16-23)19-40-29-4-2-1-3-25(29)20-9-12-35(13-10-20)18-30-34-27-8-6-21(31(37)38)15-28(27)36(30)17-24-11-14-39-24/h1-8,15-16,20,24H,9-14,17-19H2,(H,37,38)/t24-/m0/s1/i18D2. The third-order valence-corrected chi connectivity index (χ3v) is 7.92. The molecule has 2 aliphatic rings. The van der Waals surface area contributed by atoms with E-state index >= 15 is 0 Å². The minimum Gasteiger partial charge on any atom is -0.489 e. The van der Waals surface area contributed by atoms with Crippen molar-refractivity contribution in [2.24, 2.45) is 0 Å². The number of halogens is 2. The molecule has 7 nitrogen and oxygen atoms in total. The molecule has 1 aromatic heterocycles. The minimum absolute atomic E-state index is 0.0611. The van der Waals surface area contributed by atoms with Crippen LogP contribution in [0.1, 0.15) is 55.2 Å². The van der Waals surface area contributed by atoms with Crippen LogP contribution in [0.15, 0.2) is 60.7 Å². The van der Waals surface area contributed by atoms with E-state index in [4.69, 9.17) is 21.1 Å². The average Bonchev–Trinajstić information content (AvgIpc) is 3.33. The number of piperidine rings is 1. The van der Waals surface area contributed by atoms with Crippen molar-refractivity contribution in [3.05, 3.63) is 94.0 Å². The van der Waals surface area contributed by atoms with Crippen molar-refractivity contribution in [3.63, 3.8) is 0 Å². The van der Waals surface area contributed by atoms with Crippen LogP contribution in [0.5, 0.6) is 5.75 Å². The highest BCUT2D eigenvalue weighted by Crippen LogP contribution is 2.35. The lowest BCUT2D eigenvalue weighted by Gasteiger charge is -2.33. The number of ether oxygens (including phenoxy) is 2. The zero-order chi connectivity index (χ0) is 29.4. The second kappa shape index (κ2) is 11.6. The summed E-state index contributed by atoms with van der Waals surface area (Å²) in [7, 11) is 0. The van der Waals surface area contributed by atoms with E-state index in [0.29, 0.717) is 66.5 Å².